The van der Waals surface area contributed by atoms with Crippen LogP contribution in [0.1, 0.15) is 47.2 Å². The highest BCUT2D eigenvalue weighted by molar-refractivity contribution is 7.90. The number of amides is 1. The Morgan fingerprint density at radius 3 is 2.36 bits per heavy atom. The largest absolute Gasteiger partial charge is 0.496 e. The molecule has 6 heteroatoms. The molecule has 33 heavy (non-hydrogen) atoms. The molecule has 1 N–H and O–H groups in total. The fourth-order valence-corrected chi connectivity index (χ4v) is 6.12. The van der Waals surface area contributed by atoms with E-state index in [9.17, 15) is 13.2 Å². The van der Waals surface area contributed by atoms with Crippen molar-refractivity contribution in [3.63, 3.8) is 0 Å². The van der Waals surface area contributed by atoms with Crippen LogP contribution in [-0.4, -0.2) is 28.0 Å². The molecule has 3 aromatic rings. The minimum atomic E-state index is -3.48. The first-order valence-electron chi connectivity index (χ1n) is 11.2. The molecule has 0 bridgehead atoms. The maximum atomic E-state index is 13.0. The minimum Gasteiger partial charge on any atom is -0.496 e. The van der Waals surface area contributed by atoms with E-state index in [2.05, 4.69) is 11.4 Å². The molecule has 1 saturated carbocycles. The SMILES string of the molecule is COc1ccccc1C1(CNC(=O)c2cccc(CS(=O)(=O)c3ccccc3)c2)CCCC1. The van der Waals surface area contributed by atoms with Crippen molar-refractivity contribution < 1.29 is 17.9 Å². The summed E-state index contributed by atoms with van der Waals surface area (Å²) in [5, 5.41) is 3.11. The average Bonchev–Trinajstić information content (AvgIpc) is 3.33. The molecule has 4 rings (SSSR count). The number of sulfone groups is 1. The van der Waals surface area contributed by atoms with Crippen molar-refractivity contribution in [2.24, 2.45) is 0 Å². The Hall–Kier alpha value is -3.12. The Bertz CT molecular complexity index is 1220. The van der Waals surface area contributed by atoms with Crippen LogP contribution >= 0.6 is 0 Å². The van der Waals surface area contributed by atoms with Gasteiger partial charge in [-0.15, -0.1) is 0 Å². The summed E-state index contributed by atoms with van der Waals surface area (Å²) in [6, 6.07) is 23.3. The fourth-order valence-electron chi connectivity index (χ4n) is 4.76. The lowest BCUT2D eigenvalue weighted by molar-refractivity contribution is 0.0942. The van der Waals surface area contributed by atoms with E-state index in [1.165, 1.54) is 0 Å². The van der Waals surface area contributed by atoms with E-state index in [1.807, 2.05) is 18.2 Å². The van der Waals surface area contributed by atoms with E-state index in [1.54, 1.807) is 61.7 Å². The maximum absolute atomic E-state index is 13.0. The molecule has 5 nitrogen and oxygen atoms in total. The lowest BCUT2D eigenvalue weighted by atomic mass is 9.78. The van der Waals surface area contributed by atoms with E-state index in [-0.39, 0.29) is 22.0 Å². The molecular weight excluding hydrogens is 434 g/mol. The number of hydrogen-bond acceptors (Lipinski definition) is 4. The van der Waals surface area contributed by atoms with Gasteiger partial charge in [0, 0.05) is 23.1 Å². The molecule has 0 saturated heterocycles. The molecule has 0 aromatic heterocycles. The molecule has 0 aliphatic heterocycles. The number of benzene rings is 3. The summed E-state index contributed by atoms with van der Waals surface area (Å²) in [5.41, 5.74) is 2.03. The normalized spacial score (nSPS) is 15.2. The van der Waals surface area contributed by atoms with Gasteiger partial charge < -0.3 is 10.1 Å². The number of para-hydroxylation sites is 1. The van der Waals surface area contributed by atoms with Gasteiger partial charge in [-0.1, -0.05) is 61.4 Å². The van der Waals surface area contributed by atoms with Gasteiger partial charge in [0.2, 0.25) is 0 Å². The Kier molecular flexibility index (Phi) is 6.84. The molecule has 0 heterocycles. The third-order valence-corrected chi connectivity index (χ3v) is 8.18. The average molecular weight is 464 g/mol. The monoisotopic (exact) mass is 463 g/mol. The molecule has 0 atom stereocenters. The van der Waals surface area contributed by atoms with Crippen LogP contribution in [0, 0.1) is 0 Å². The minimum absolute atomic E-state index is 0.150. The van der Waals surface area contributed by atoms with Crippen molar-refractivity contribution in [1.29, 1.82) is 0 Å². The Morgan fingerprint density at radius 1 is 0.939 bits per heavy atom. The van der Waals surface area contributed by atoms with E-state index in [0.29, 0.717) is 17.7 Å². The Balaban J connectivity index is 1.50. The number of methoxy groups -OCH3 is 1. The fraction of sp³-hybridized carbons (Fsp3) is 0.296. The quantitative estimate of drug-likeness (QED) is 0.515. The van der Waals surface area contributed by atoms with Gasteiger partial charge in [0.1, 0.15) is 5.75 Å². The van der Waals surface area contributed by atoms with Crippen molar-refractivity contribution in [3.05, 3.63) is 95.6 Å². The number of carbonyl (C=O) groups is 1. The molecule has 0 unspecified atom stereocenters. The number of rotatable bonds is 8. The van der Waals surface area contributed by atoms with Gasteiger partial charge in [-0.2, -0.15) is 0 Å². The summed E-state index contributed by atoms with van der Waals surface area (Å²) in [7, 11) is -1.80. The second-order valence-electron chi connectivity index (χ2n) is 8.64. The van der Waals surface area contributed by atoms with Gasteiger partial charge in [0.15, 0.2) is 9.84 Å². The highest BCUT2D eigenvalue weighted by atomic mass is 32.2. The van der Waals surface area contributed by atoms with Crippen LogP contribution in [0.4, 0.5) is 0 Å². The van der Waals surface area contributed by atoms with E-state index in [4.69, 9.17) is 4.74 Å². The summed E-state index contributed by atoms with van der Waals surface area (Å²) in [6.07, 6.45) is 4.20. The number of ether oxygens (including phenoxy) is 1. The zero-order valence-corrected chi connectivity index (χ0v) is 19.6. The van der Waals surface area contributed by atoms with Gasteiger partial charge in [-0.3, -0.25) is 4.79 Å². The molecule has 1 amide bonds. The molecule has 1 fully saturated rings. The van der Waals surface area contributed by atoms with Crippen LogP contribution in [-0.2, 0) is 21.0 Å². The van der Waals surface area contributed by atoms with E-state index >= 15 is 0 Å². The van der Waals surface area contributed by atoms with Gasteiger partial charge in [0.25, 0.3) is 5.91 Å². The summed E-state index contributed by atoms with van der Waals surface area (Å²) < 4.78 is 31.1. The van der Waals surface area contributed by atoms with Gasteiger partial charge in [-0.05, 0) is 48.7 Å². The standard InChI is InChI=1S/C27H29NO4S/c1-32-25-15-6-5-14-24(25)27(16-7-8-17-27)20-28-26(29)22-11-9-10-21(18-22)19-33(30,31)23-12-3-2-4-13-23/h2-6,9-15,18H,7-8,16-17,19-20H2,1H3,(H,28,29). The van der Waals surface area contributed by atoms with Crippen molar-refractivity contribution in [1.82, 2.24) is 5.32 Å². The molecule has 0 radical (unpaired) electrons. The first-order valence-corrected chi connectivity index (χ1v) is 12.9. The van der Waals surface area contributed by atoms with E-state index < -0.39 is 9.84 Å². The van der Waals surface area contributed by atoms with Crippen molar-refractivity contribution in [2.45, 2.75) is 41.7 Å². The zero-order chi connectivity index (χ0) is 23.3. The van der Waals surface area contributed by atoms with Crippen molar-refractivity contribution in [3.8, 4) is 5.75 Å². The molecule has 0 spiro atoms. The summed E-state index contributed by atoms with van der Waals surface area (Å²) in [5.74, 6) is 0.500. The Morgan fingerprint density at radius 2 is 1.64 bits per heavy atom. The topological polar surface area (TPSA) is 72.5 Å². The van der Waals surface area contributed by atoms with E-state index in [0.717, 1.165) is 37.0 Å². The van der Waals surface area contributed by atoms with Crippen LogP contribution in [0.3, 0.4) is 0 Å². The van der Waals surface area contributed by atoms with Crippen LogP contribution in [0.15, 0.2) is 83.8 Å². The maximum Gasteiger partial charge on any atom is 0.251 e. The van der Waals surface area contributed by atoms with Crippen molar-refractivity contribution in [2.75, 3.05) is 13.7 Å². The lowest BCUT2D eigenvalue weighted by Crippen LogP contribution is -2.39. The number of hydrogen-bond donors (Lipinski definition) is 1. The number of carbonyl (C=O) groups excluding carboxylic acids is 1. The summed E-state index contributed by atoms with van der Waals surface area (Å²) in [6.45, 7) is 0.513. The second kappa shape index (κ2) is 9.79. The molecule has 1 aliphatic rings. The first kappa shape index (κ1) is 23.1. The zero-order valence-electron chi connectivity index (χ0n) is 18.8. The van der Waals surface area contributed by atoms with Gasteiger partial charge in [-0.25, -0.2) is 8.42 Å². The van der Waals surface area contributed by atoms with Crippen molar-refractivity contribution >= 4 is 15.7 Å². The Labute approximate surface area is 195 Å². The first-order chi connectivity index (χ1) is 15.9. The van der Waals surface area contributed by atoms with Crippen LogP contribution in [0.2, 0.25) is 0 Å². The highest BCUT2D eigenvalue weighted by Crippen LogP contribution is 2.44. The lowest BCUT2D eigenvalue weighted by Gasteiger charge is -2.31. The third kappa shape index (κ3) is 5.11. The highest BCUT2D eigenvalue weighted by Gasteiger charge is 2.38. The van der Waals surface area contributed by atoms with Crippen LogP contribution in [0.5, 0.6) is 5.75 Å². The van der Waals surface area contributed by atoms with Gasteiger partial charge in [0.05, 0.1) is 17.8 Å². The molecular formula is C27H29NO4S. The van der Waals surface area contributed by atoms with Crippen LogP contribution in [0.25, 0.3) is 0 Å². The molecule has 3 aromatic carbocycles. The predicted molar refractivity (Wildman–Crippen MR) is 129 cm³/mol. The second-order valence-corrected chi connectivity index (χ2v) is 10.6. The molecule has 1 aliphatic carbocycles. The third-order valence-electron chi connectivity index (χ3n) is 6.47. The predicted octanol–water partition coefficient (Wildman–Crippen LogP) is 4.91. The summed E-state index contributed by atoms with van der Waals surface area (Å²) >= 11 is 0. The molecule has 172 valence electrons. The van der Waals surface area contributed by atoms with Gasteiger partial charge >= 0.3 is 0 Å². The number of nitrogens with one attached hydrogen (secondary N) is 1. The van der Waals surface area contributed by atoms with Crippen LogP contribution < -0.4 is 10.1 Å². The summed E-state index contributed by atoms with van der Waals surface area (Å²) in [4.78, 5) is 13.3. The smallest absolute Gasteiger partial charge is 0.251 e.